The number of hydrogen-bond donors (Lipinski definition) is 1. The van der Waals surface area contributed by atoms with Gasteiger partial charge in [-0.3, -0.25) is 4.68 Å². The highest BCUT2D eigenvalue weighted by molar-refractivity contribution is 5.08. The van der Waals surface area contributed by atoms with Gasteiger partial charge in [0.05, 0.1) is 11.4 Å². The van der Waals surface area contributed by atoms with E-state index < -0.39 is 0 Å². The fourth-order valence-corrected chi connectivity index (χ4v) is 1.91. The van der Waals surface area contributed by atoms with Gasteiger partial charge in [0.1, 0.15) is 0 Å². The smallest absolute Gasteiger partial charge is 0.0597 e. The molecule has 98 valence electrons. The Balaban J connectivity index is 2.17. The Morgan fingerprint density at radius 2 is 2.12 bits per heavy atom. The van der Waals surface area contributed by atoms with Crippen molar-refractivity contribution in [1.82, 2.24) is 20.0 Å². The number of rotatable bonds is 8. The average molecular weight is 238 g/mol. The molecule has 1 heterocycles. The molecule has 4 nitrogen and oxygen atoms in total. The zero-order valence-electron chi connectivity index (χ0n) is 11.7. The van der Waals surface area contributed by atoms with Gasteiger partial charge in [-0.25, -0.2) is 0 Å². The largest absolute Gasteiger partial charge is 0.311 e. The maximum atomic E-state index is 4.44. The summed E-state index contributed by atoms with van der Waals surface area (Å²) < 4.78 is 2.07. The molecule has 1 rings (SSSR count). The second-order valence-electron chi connectivity index (χ2n) is 4.78. The Morgan fingerprint density at radius 3 is 2.76 bits per heavy atom. The van der Waals surface area contributed by atoms with Crippen LogP contribution in [0.25, 0.3) is 0 Å². The fourth-order valence-electron chi connectivity index (χ4n) is 1.91. The summed E-state index contributed by atoms with van der Waals surface area (Å²) >= 11 is 0. The number of unbranched alkanes of at least 4 members (excludes halogenated alkanes) is 1. The summed E-state index contributed by atoms with van der Waals surface area (Å²) in [5.41, 5.74) is 2.40. The van der Waals surface area contributed by atoms with Crippen molar-refractivity contribution < 1.29 is 0 Å². The van der Waals surface area contributed by atoms with Crippen LogP contribution in [0.4, 0.5) is 0 Å². The first-order valence-corrected chi connectivity index (χ1v) is 6.52. The lowest BCUT2D eigenvalue weighted by atomic mass is 10.3. The molecule has 0 aliphatic heterocycles. The summed E-state index contributed by atoms with van der Waals surface area (Å²) in [6.07, 6.45) is 2.49. The summed E-state index contributed by atoms with van der Waals surface area (Å²) in [4.78, 5) is 2.23. The summed E-state index contributed by atoms with van der Waals surface area (Å²) in [5.74, 6) is 0. The molecule has 4 heteroatoms. The van der Waals surface area contributed by atoms with Crippen LogP contribution in [0.15, 0.2) is 6.07 Å². The number of nitrogens with zero attached hydrogens (tertiary/aromatic N) is 3. The van der Waals surface area contributed by atoms with E-state index in [2.05, 4.69) is 47.1 Å². The summed E-state index contributed by atoms with van der Waals surface area (Å²) in [6.45, 7) is 8.32. The first-order valence-electron chi connectivity index (χ1n) is 6.52. The quantitative estimate of drug-likeness (QED) is 0.699. The second-order valence-corrected chi connectivity index (χ2v) is 4.78. The zero-order valence-corrected chi connectivity index (χ0v) is 11.7. The molecular formula is C13H26N4. The van der Waals surface area contributed by atoms with Crippen molar-refractivity contribution in [2.45, 2.75) is 39.8 Å². The molecule has 1 aromatic heterocycles. The lowest BCUT2D eigenvalue weighted by molar-refractivity contribution is 0.391. The minimum absolute atomic E-state index is 0.927. The zero-order chi connectivity index (χ0) is 12.7. The molecule has 0 fully saturated rings. The average Bonchev–Trinajstić information content (AvgIpc) is 2.63. The van der Waals surface area contributed by atoms with Crippen molar-refractivity contribution in [2.24, 2.45) is 0 Å². The van der Waals surface area contributed by atoms with E-state index in [4.69, 9.17) is 0 Å². The van der Waals surface area contributed by atoms with E-state index in [9.17, 15) is 0 Å². The molecule has 17 heavy (non-hydrogen) atoms. The third kappa shape index (κ3) is 5.33. The maximum Gasteiger partial charge on any atom is 0.0597 e. The normalized spacial score (nSPS) is 11.4. The highest BCUT2D eigenvalue weighted by Crippen LogP contribution is 2.03. The van der Waals surface area contributed by atoms with Crippen molar-refractivity contribution in [3.63, 3.8) is 0 Å². The topological polar surface area (TPSA) is 33.1 Å². The molecule has 1 N–H and O–H groups in total. The molecule has 1 aromatic rings. The van der Waals surface area contributed by atoms with Crippen LogP contribution >= 0.6 is 0 Å². The van der Waals surface area contributed by atoms with E-state index >= 15 is 0 Å². The Labute approximate surface area is 105 Å². The molecule has 0 radical (unpaired) electrons. The van der Waals surface area contributed by atoms with E-state index in [0.717, 1.165) is 25.3 Å². The van der Waals surface area contributed by atoms with Crippen LogP contribution in [0.2, 0.25) is 0 Å². The third-order valence-corrected chi connectivity index (χ3v) is 2.80. The molecule has 0 amide bonds. The molecule has 0 atom stereocenters. The first kappa shape index (κ1) is 14.2. The van der Waals surface area contributed by atoms with E-state index in [-0.39, 0.29) is 0 Å². The molecular weight excluding hydrogens is 212 g/mol. The maximum absolute atomic E-state index is 4.44. The van der Waals surface area contributed by atoms with Gasteiger partial charge in [-0.05, 0) is 59.9 Å². The Hall–Kier alpha value is -0.870. The van der Waals surface area contributed by atoms with Crippen LogP contribution < -0.4 is 5.32 Å². The van der Waals surface area contributed by atoms with Gasteiger partial charge in [-0.15, -0.1) is 0 Å². The van der Waals surface area contributed by atoms with Crippen molar-refractivity contribution >= 4 is 0 Å². The molecule has 0 aliphatic rings. The lowest BCUT2D eigenvalue weighted by Gasteiger charge is -2.09. The Morgan fingerprint density at radius 1 is 1.35 bits per heavy atom. The predicted molar refractivity (Wildman–Crippen MR) is 72.1 cm³/mol. The standard InChI is InChI=1S/C13H26N4/c1-5-17-13(10-12(2)15-17)11-14-8-6-7-9-16(3)4/h10,14H,5-9,11H2,1-4H3. The number of nitrogens with one attached hydrogen (secondary N) is 1. The Kier molecular flexibility index (Phi) is 6.22. The first-order chi connectivity index (χ1) is 8.13. The molecule has 0 saturated carbocycles. The molecule has 0 bridgehead atoms. The summed E-state index contributed by atoms with van der Waals surface area (Å²) in [5, 5.41) is 7.92. The second kappa shape index (κ2) is 7.45. The van der Waals surface area contributed by atoms with Gasteiger partial charge in [0.15, 0.2) is 0 Å². The molecule has 0 unspecified atom stereocenters. The van der Waals surface area contributed by atoms with Crippen molar-refractivity contribution in [3.8, 4) is 0 Å². The van der Waals surface area contributed by atoms with Crippen LogP contribution in [0.5, 0.6) is 0 Å². The van der Waals surface area contributed by atoms with Gasteiger partial charge in [-0.1, -0.05) is 0 Å². The number of aromatic nitrogens is 2. The van der Waals surface area contributed by atoms with Crippen LogP contribution in [0.3, 0.4) is 0 Å². The minimum atomic E-state index is 0.927. The van der Waals surface area contributed by atoms with Crippen molar-refractivity contribution in [3.05, 3.63) is 17.5 Å². The van der Waals surface area contributed by atoms with E-state index in [1.807, 2.05) is 6.92 Å². The van der Waals surface area contributed by atoms with E-state index in [1.165, 1.54) is 25.1 Å². The van der Waals surface area contributed by atoms with Crippen molar-refractivity contribution in [1.29, 1.82) is 0 Å². The van der Waals surface area contributed by atoms with Gasteiger partial charge < -0.3 is 10.2 Å². The molecule has 0 aromatic carbocycles. The van der Waals surface area contributed by atoms with Crippen LogP contribution in [0.1, 0.15) is 31.2 Å². The van der Waals surface area contributed by atoms with E-state index in [1.54, 1.807) is 0 Å². The van der Waals surface area contributed by atoms with E-state index in [0.29, 0.717) is 0 Å². The third-order valence-electron chi connectivity index (χ3n) is 2.80. The number of hydrogen-bond acceptors (Lipinski definition) is 3. The van der Waals surface area contributed by atoms with Gasteiger partial charge in [0, 0.05) is 13.1 Å². The van der Waals surface area contributed by atoms with Crippen LogP contribution in [-0.4, -0.2) is 41.9 Å². The van der Waals surface area contributed by atoms with Gasteiger partial charge >= 0.3 is 0 Å². The van der Waals surface area contributed by atoms with Gasteiger partial charge in [-0.2, -0.15) is 5.10 Å². The highest BCUT2D eigenvalue weighted by atomic mass is 15.3. The predicted octanol–water partition coefficient (Wildman–Crippen LogP) is 1.64. The SMILES string of the molecule is CCn1nc(C)cc1CNCCCCN(C)C. The molecule has 0 spiro atoms. The van der Waals surface area contributed by atoms with Crippen LogP contribution in [0, 0.1) is 6.92 Å². The summed E-state index contributed by atoms with van der Waals surface area (Å²) in [7, 11) is 4.24. The minimum Gasteiger partial charge on any atom is -0.311 e. The fraction of sp³-hybridized carbons (Fsp3) is 0.769. The Bertz CT molecular complexity index is 317. The number of aryl methyl sites for hydroxylation is 2. The molecule has 0 saturated heterocycles. The lowest BCUT2D eigenvalue weighted by Crippen LogP contribution is -2.19. The van der Waals surface area contributed by atoms with Gasteiger partial charge in [0.25, 0.3) is 0 Å². The molecule has 0 aliphatic carbocycles. The monoisotopic (exact) mass is 238 g/mol. The van der Waals surface area contributed by atoms with Crippen molar-refractivity contribution in [2.75, 3.05) is 27.2 Å². The van der Waals surface area contributed by atoms with Crippen LogP contribution in [-0.2, 0) is 13.1 Å². The highest BCUT2D eigenvalue weighted by Gasteiger charge is 2.02. The summed E-state index contributed by atoms with van der Waals surface area (Å²) in [6, 6.07) is 2.16. The van der Waals surface area contributed by atoms with Gasteiger partial charge in [0.2, 0.25) is 0 Å².